The number of thioether (sulfide) groups is 1. The van der Waals surface area contributed by atoms with Crippen LogP contribution in [0, 0.1) is 13.8 Å². The van der Waals surface area contributed by atoms with Gasteiger partial charge < -0.3 is 9.88 Å². The van der Waals surface area contributed by atoms with E-state index in [0.717, 1.165) is 35.4 Å². The standard InChI is InChI=1S/C22H25N5O3S2/c1-14-10-18(32(23,29)30)11-19(15(14)2)24-20(28)13-31-22-26-25-21(17-8-9-17)27(22)12-16-6-4-3-5-7-16/h3-7,10-11,17H,8-9,12-13H2,1-2H3,(H,24,28)(H2,23,29,30). The van der Waals surface area contributed by atoms with E-state index >= 15 is 0 Å². The molecule has 3 aromatic rings. The SMILES string of the molecule is Cc1cc(S(N)(=O)=O)cc(NC(=O)CSc2nnc(C3CC3)n2Cc2ccccc2)c1C. The number of anilines is 1. The molecule has 0 radical (unpaired) electrons. The summed E-state index contributed by atoms with van der Waals surface area (Å²) in [5.74, 6) is 1.26. The molecule has 4 rings (SSSR count). The number of rotatable bonds is 8. The Morgan fingerprint density at radius 1 is 1.19 bits per heavy atom. The lowest BCUT2D eigenvalue weighted by atomic mass is 10.1. The summed E-state index contributed by atoms with van der Waals surface area (Å²) in [6.45, 7) is 4.25. The van der Waals surface area contributed by atoms with E-state index in [9.17, 15) is 13.2 Å². The van der Waals surface area contributed by atoms with Crippen LogP contribution in [0.4, 0.5) is 5.69 Å². The lowest BCUT2D eigenvalue weighted by molar-refractivity contribution is -0.113. The summed E-state index contributed by atoms with van der Waals surface area (Å²) in [6, 6.07) is 13.0. The maximum absolute atomic E-state index is 12.7. The monoisotopic (exact) mass is 471 g/mol. The fourth-order valence-corrected chi connectivity index (χ4v) is 4.77. The zero-order chi connectivity index (χ0) is 22.9. The van der Waals surface area contributed by atoms with E-state index in [1.54, 1.807) is 6.92 Å². The van der Waals surface area contributed by atoms with Crippen molar-refractivity contribution in [2.75, 3.05) is 11.1 Å². The van der Waals surface area contributed by atoms with Crippen molar-refractivity contribution in [2.45, 2.75) is 49.2 Å². The van der Waals surface area contributed by atoms with E-state index < -0.39 is 10.0 Å². The topological polar surface area (TPSA) is 120 Å². The molecule has 1 aliphatic carbocycles. The number of amides is 1. The number of carbonyl (C=O) groups excluding carboxylic acids is 1. The number of benzene rings is 2. The molecular formula is C22H25N5O3S2. The maximum atomic E-state index is 12.7. The van der Waals surface area contributed by atoms with Crippen molar-refractivity contribution >= 4 is 33.4 Å². The predicted molar refractivity (Wildman–Crippen MR) is 124 cm³/mol. The normalized spacial score (nSPS) is 13.8. The summed E-state index contributed by atoms with van der Waals surface area (Å²) >= 11 is 1.31. The summed E-state index contributed by atoms with van der Waals surface area (Å²) in [5.41, 5.74) is 3.10. The molecule has 168 valence electrons. The molecule has 1 aliphatic rings. The Hall–Kier alpha value is -2.69. The first-order valence-electron chi connectivity index (χ1n) is 10.3. The van der Waals surface area contributed by atoms with Crippen LogP contribution in [0.2, 0.25) is 0 Å². The van der Waals surface area contributed by atoms with Gasteiger partial charge in [0.1, 0.15) is 5.82 Å². The van der Waals surface area contributed by atoms with Gasteiger partial charge in [-0.1, -0.05) is 42.1 Å². The molecule has 0 unspecified atom stereocenters. The highest BCUT2D eigenvalue weighted by molar-refractivity contribution is 7.99. The van der Waals surface area contributed by atoms with Crippen LogP contribution >= 0.6 is 11.8 Å². The molecule has 1 fully saturated rings. The second kappa shape index (κ2) is 9.05. The fraction of sp³-hybridized carbons (Fsp3) is 0.318. The van der Waals surface area contributed by atoms with Crippen LogP contribution in [0.1, 0.15) is 41.3 Å². The Balaban J connectivity index is 1.49. The second-order valence-corrected chi connectivity index (χ2v) is 10.5. The molecule has 1 heterocycles. The molecule has 1 aromatic heterocycles. The van der Waals surface area contributed by atoms with E-state index in [1.165, 1.54) is 23.9 Å². The number of hydrogen-bond acceptors (Lipinski definition) is 6. The van der Waals surface area contributed by atoms with Gasteiger partial charge in [0.2, 0.25) is 15.9 Å². The van der Waals surface area contributed by atoms with Crippen LogP contribution in [0.3, 0.4) is 0 Å². The number of hydrogen-bond donors (Lipinski definition) is 2. The van der Waals surface area contributed by atoms with Crippen LogP contribution in [0.25, 0.3) is 0 Å². The van der Waals surface area contributed by atoms with Crippen molar-refractivity contribution in [1.29, 1.82) is 0 Å². The van der Waals surface area contributed by atoms with Crippen LogP contribution in [0.15, 0.2) is 52.5 Å². The fourth-order valence-electron chi connectivity index (χ4n) is 3.40. The Bertz CT molecular complexity index is 1250. The Kier molecular flexibility index (Phi) is 6.36. The summed E-state index contributed by atoms with van der Waals surface area (Å²) in [5, 5.41) is 17.5. The molecule has 10 heteroatoms. The number of nitrogens with one attached hydrogen (secondary N) is 1. The van der Waals surface area contributed by atoms with Gasteiger partial charge in [0, 0.05) is 11.6 Å². The molecule has 1 saturated carbocycles. The number of nitrogens with zero attached hydrogens (tertiary/aromatic N) is 3. The molecule has 3 N–H and O–H groups in total. The van der Waals surface area contributed by atoms with E-state index in [2.05, 4.69) is 32.2 Å². The Morgan fingerprint density at radius 3 is 2.56 bits per heavy atom. The molecule has 0 spiro atoms. The predicted octanol–water partition coefficient (Wildman–Crippen LogP) is 3.20. The van der Waals surface area contributed by atoms with Gasteiger partial charge in [0.05, 0.1) is 17.2 Å². The van der Waals surface area contributed by atoms with Gasteiger partial charge in [-0.25, -0.2) is 13.6 Å². The third kappa shape index (κ3) is 5.20. The number of sulfonamides is 1. The number of nitrogens with two attached hydrogens (primary N) is 1. The zero-order valence-corrected chi connectivity index (χ0v) is 19.5. The van der Waals surface area contributed by atoms with Crippen molar-refractivity contribution in [3.63, 3.8) is 0 Å². The highest BCUT2D eigenvalue weighted by Crippen LogP contribution is 2.40. The Morgan fingerprint density at radius 2 is 1.91 bits per heavy atom. The minimum Gasteiger partial charge on any atom is -0.325 e. The number of carbonyl (C=O) groups is 1. The highest BCUT2D eigenvalue weighted by Gasteiger charge is 2.30. The van der Waals surface area contributed by atoms with Crippen LogP contribution < -0.4 is 10.5 Å². The average Bonchev–Trinajstić information content (AvgIpc) is 3.51. The third-order valence-electron chi connectivity index (χ3n) is 5.45. The van der Waals surface area contributed by atoms with Crippen molar-refractivity contribution in [3.8, 4) is 0 Å². The van der Waals surface area contributed by atoms with Gasteiger partial charge in [0.15, 0.2) is 5.16 Å². The molecule has 0 bridgehead atoms. The number of aryl methyl sites for hydroxylation is 1. The maximum Gasteiger partial charge on any atom is 0.238 e. The average molecular weight is 472 g/mol. The third-order valence-corrected chi connectivity index (χ3v) is 7.31. The molecular weight excluding hydrogens is 446 g/mol. The second-order valence-electron chi connectivity index (χ2n) is 7.98. The van der Waals surface area contributed by atoms with E-state index in [1.807, 2.05) is 25.1 Å². The molecule has 0 aliphatic heterocycles. The molecule has 2 aromatic carbocycles. The molecule has 8 nitrogen and oxygen atoms in total. The first-order valence-corrected chi connectivity index (χ1v) is 12.8. The van der Waals surface area contributed by atoms with Crippen molar-refractivity contribution < 1.29 is 13.2 Å². The quantitative estimate of drug-likeness (QED) is 0.487. The van der Waals surface area contributed by atoms with Gasteiger partial charge in [0.25, 0.3) is 0 Å². The highest BCUT2D eigenvalue weighted by atomic mass is 32.2. The zero-order valence-electron chi connectivity index (χ0n) is 17.9. The van der Waals surface area contributed by atoms with Gasteiger partial charge in [-0.15, -0.1) is 10.2 Å². The summed E-state index contributed by atoms with van der Waals surface area (Å²) in [6.07, 6.45) is 2.22. The van der Waals surface area contributed by atoms with E-state index in [4.69, 9.17) is 5.14 Å². The first-order chi connectivity index (χ1) is 15.2. The minimum atomic E-state index is -3.87. The van der Waals surface area contributed by atoms with Crippen molar-refractivity contribution in [3.05, 3.63) is 65.0 Å². The van der Waals surface area contributed by atoms with E-state index in [0.29, 0.717) is 23.3 Å². The van der Waals surface area contributed by atoms with Crippen LogP contribution in [0.5, 0.6) is 0 Å². The van der Waals surface area contributed by atoms with Crippen LogP contribution in [-0.4, -0.2) is 34.8 Å². The number of primary sulfonamides is 1. The smallest absolute Gasteiger partial charge is 0.238 e. The summed E-state index contributed by atoms with van der Waals surface area (Å²) in [7, 11) is -3.87. The Labute approximate surface area is 191 Å². The summed E-state index contributed by atoms with van der Waals surface area (Å²) in [4.78, 5) is 12.6. The van der Waals surface area contributed by atoms with E-state index in [-0.39, 0.29) is 16.6 Å². The first kappa shape index (κ1) is 22.5. The minimum absolute atomic E-state index is 0.0276. The largest absolute Gasteiger partial charge is 0.325 e. The van der Waals surface area contributed by atoms with Crippen molar-refractivity contribution in [2.24, 2.45) is 5.14 Å². The molecule has 0 saturated heterocycles. The van der Waals surface area contributed by atoms with Gasteiger partial charge >= 0.3 is 0 Å². The van der Waals surface area contributed by atoms with Gasteiger partial charge in [-0.3, -0.25) is 4.79 Å². The lowest BCUT2D eigenvalue weighted by Crippen LogP contribution is -2.18. The van der Waals surface area contributed by atoms with Crippen LogP contribution in [-0.2, 0) is 21.4 Å². The number of aromatic nitrogens is 3. The molecule has 0 atom stereocenters. The van der Waals surface area contributed by atoms with Gasteiger partial charge in [-0.2, -0.15) is 0 Å². The molecule has 32 heavy (non-hydrogen) atoms. The lowest BCUT2D eigenvalue weighted by Gasteiger charge is -2.13. The van der Waals surface area contributed by atoms with Gasteiger partial charge in [-0.05, 0) is 55.5 Å². The molecule has 1 amide bonds. The summed E-state index contributed by atoms with van der Waals surface area (Å²) < 4.78 is 25.6. The van der Waals surface area contributed by atoms with Crippen molar-refractivity contribution in [1.82, 2.24) is 14.8 Å².